The number of rotatable bonds is 6. The van der Waals surface area contributed by atoms with Gasteiger partial charge in [0.15, 0.2) is 0 Å². The van der Waals surface area contributed by atoms with Crippen LogP contribution in [0.3, 0.4) is 0 Å². The molecule has 2 aliphatic rings. The molecule has 2 saturated heterocycles. The quantitative estimate of drug-likeness (QED) is 0.400. The highest BCUT2D eigenvalue weighted by atomic mass is 79.9. The Bertz CT molecular complexity index is 939. The summed E-state index contributed by atoms with van der Waals surface area (Å²) in [6.45, 7) is 1.75. The number of thiocarbonyl (C=S) groups is 1. The van der Waals surface area contributed by atoms with Crippen LogP contribution >= 0.6 is 39.9 Å². The van der Waals surface area contributed by atoms with Crippen LogP contribution in [0.25, 0.3) is 6.08 Å². The molecule has 2 fully saturated rings. The Balaban J connectivity index is 1.48. The van der Waals surface area contributed by atoms with E-state index in [4.69, 9.17) is 21.7 Å². The van der Waals surface area contributed by atoms with Gasteiger partial charge >= 0.3 is 0 Å². The fourth-order valence-corrected chi connectivity index (χ4v) is 4.79. The number of halogens is 1. The lowest BCUT2D eigenvalue weighted by molar-refractivity contribution is -0.123. The Kier molecular flexibility index (Phi) is 6.70. The molecular weight excluding hydrogens is 470 g/mol. The Morgan fingerprint density at radius 1 is 1.24 bits per heavy atom. The van der Waals surface area contributed by atoms with Crippen LogP contribution < -0.4 is 4.74 Å². The average molecular weight is 490 g/mol. The van der Waals surface area contributed by atoms with Crippen molar-refractivity contribution in [1.82, 2.24) is 4.90 Å². The summed E-state index contributed by atoms with van der Waals surface area (Å²) in [5.41, 5.74) is 1.94. The van der Waals surface area contributed by atoms with Crippen LogP contribution in [0.5, 0.6) is 5.75 Å². The van der Waals surface area contributed by atoms with Gasteiger partial charge in [0.05, 0.1) is 17.6 Å². The molecule has 2 aliphatic heterocycles. The summed E-state index contributed by atoms with van der Waals surface area (Å²) in [6, 6.07) is 15.7. The molecule has 7 heteroatoms. The molecule has 1 atom stereocenters. The molecule has 0 aromatic heterocycles. The van der Waals surface area contributed by atoms with E-state index in [0.29, 0.717) is 22.4 Å². The molecule has 2 aromatic carbocycles. The van der Waals surface area contributed by atoms with Gasteiger partial charge in [-0.3, -0.25) is 9.69 Å². The van der Waals surface area contributed by atoms with Crippen molar-refractivity contribution in [3.8, 4) is 5.75 Å². The lowest BCUT2D eigenvalue weighted by Crippen LogP contribution is -2.35. The second kappa shape index (κ2) is 9.43. The molecule has 0 aliphatic carbocycles. The van der Waals surface area contributed by atoms with Gasteiger partial charge in [-0.15, -0.1) is 0 Å². The van der Waals surface area contributed by atoms with Crippen LogP contribution in [0, 0.1) is 0 Å². The number of amides is 1. The number of hydrogen-bond acceptors (Lipinski definition) is 5. The number of hydrogen-bond donors (Lipinski definition) is 0. The van der Waals surface area contributed by atoms with Gasteiger partial charge in [0.1, 0.15) is 16.7 Å². The van der Waals surface area contributed by atoms with Gasteiger partial charge in [0.2, 0.25) is 0 Å². The Morgan fingerprint density at radius 3 is 2.79 bits per heavy atom. The Morgan fingerprint density at radius 2 is 2.03 bits per heavy atom. The van der Waals surface area contributed by atoms with Crippen LogP contribution in [0.2, 0.25) is 0 Å². The lowest BCUT2D eigenvalue weighted by Gasteiger charge is -2.18. The molecule has 0 bridgehead atoms. The molecule has 0 unspecified atom stereocenters. The molecule has 0 spiro atoms. The first-order valence-corrected chi connectivity index (χ1v) is 11.4. The molecular formula is C22H20BrNO3S2. The van der Waals surface area contributed by atoms with Crippen LogP contribution in [-0.2, 0) is 16.1 Å². The maximum atomic E-state index is 12.9. The molecule has 29 heavy (non-hydrogen) atoms. The summed E-state index contributed by atoms with van der Waals surface area (Å²) in [4.78, 5) is 15.2. The number of para-hydroxylation sites is 1. The first-order valence-electron chi connectivity index (χ1n) is 9.43. The largest absolute Gasteiger partial charge is 0.488 e. The maximum Gasteiger partial charge on any atom is 0.266 e. The molecule has 4 rings (SSSR count). The Labute approximate surface area is 188 Å². The number of ether oxygens (including phenoxy) is 2. The van der Waals surface area contributed by atoms with Crippen molar-refractivity contribution in [2.45, 2.75) is 25.6 Å². The Hall–Kier alpha value is -1.67. The van der Waals surface area contributed by atoms with Gasteiger partial charge in [-0.25, -0.2) is 0 Å². The standard InChI is InChI=1S/C22H20BrNO3S2/c23-17-9-7-15(8-10-17)14-27-19-6-2-1-4-16(19)12-20-21(25)24(22(28)29-20)13-18-5-3-11-26-18/h1-2,4,6-10,12,18H,3,5,11,13-14H2/b20-12-/t18-/m0/s1. The van der Waals surface area contributed by atoms with E-state index < -0.39 is 0 Å². The minimum atomic E-state index is -0.0572. The fourth-order valence-electron chi connectivity index (χ4n) is 3.26. The third-order valence-corrected chi connectivity index (χ3v) is 6.70. The van der Waals surface area contributed by atoms with Crippen molar-refractivity contribution in [3.63, 3.8) is 0 Å². The number of benzene rings is 2. The SMILES string of the molecule is O=C1/C(=C/c2ccccc2OCc2ccc(Br)cc2)SC(=S)N1C[C@@H]1CCCO1. The van der Waals surface area contributed by atoms with Gasteiger partial charge in [-0.05, 0) is 42.7 Å². The number of nitrogens with zero attached hydrogens (tertiary/aromatic N) is 1. The first-order chi connectivity index (χ1) is 14.1. The van der Waals surface area contributed by atoms with Gasteiger partial charge < -0.3 is 9.47 Å². The average Bonchev–Trinajstić information content (AvgIpc) is 3.33. The minimum absolute atomic E-state index is 0.0572. The zero-order valence-corrected chi connectivity index (χ0v) is 18.9. The molecule has 2 aromatic rings. The normalized spacial score (nSPS) is 20.7. The highest BCUT2D eigenvalue weighted by Gasteiger charge is 2.34. The number of carbonyl (C=O) groups excluding carboxylic acids is 1. The summed E-state index contributed by atoms with van der Waals surface area (Å²) >= 11 is 10.2. The van der Waals surface area contributed by atoms with Crippen LogP contribution in [0.4, 0.5) is 0 Å². The van der Waals surface area contributed by atoms with Gasteiger partial charge in [0, 0.05) is 16.6 Å². The van der Waals surface area contributed by atoms with E-state index >= 15 is 0 Å². The topological polar surface area (TPSA) is 38.8 Å². The summed E-state index contributed by atoms with van der Waals surface area (Å²) in [6.07, 6.45) is 3.96. The van der Waals surface area contributed by atoms with E-state index in [1.54, 1.807) is 4.90 Å². The molecule has 0 saturated carbocycles. The second-order valence-corrected chi connectivity index (χ2v) is 9.47. The molecule has 0 radical (unpaired) electrons. The summed E-state index contributed by atoms with van der Waals surface area (Å²) in [5.74, 6) is 0.679. The molecule has 2 heterocycles. The number of carbonyl (C=O) groups is 1. The second-order valence-electron chi connectivity index (χ2n) is 6.88. The molecule has 1 amide bonds. The van der Waals surface area contributed by atoms with Crippen LogP contribution in [0.15, 0.2) is 57.9 Å². The zero-order valence-electron chi connectivity index (χ0n) is 15.7. The molecule has 150 valence electrons. The van der Waals surface area contributed by atoms with E-state index in [0.717, 1.165) is 40.8 Å². The third kappa shape index (κ3) is 5.09. The maximum absolute atomic E-state index is 12.9. The van der Waals surface area contributed by atoms with Crippen molar-refractivity contribution < 1.29 is 14.3 Å². The lowest BCUT2D eigenvalue weighted by atomic mass is 10.1. The van der Waals surface area contributed by atoms with Gasteiger partial charge in [-0.1, -0.05) is 70.2 Å². The summed E-state index contributed by atoms with van der Waals surface area (Å²) in [7, 11) is 0. The monoisotopic (exact) mass is 489 g/mol. The zero-order chi connectivity index (χ0) is 20.2. The predicted octanol–water partition coefficient (Wildman–Crippen LogP) is 5.41. The predicted molar refractivity (Wildman–Crippen MR) is 124 cm³/mol. The summed E-state index contributed by atoms with van der Waals surface area (Å²) < 4.78 is 13.3. The van der Waals surface area contributed by atoms with Crippen molar-refractivity contribution in [1.29, 1.82) is 0 Å². The van der Waals surface area contributed by atoms with E-state index in [1.165, 1.54) is 11.8 Å². The van der Waals surface area contributed by atoms with Gasteiger partial charge in [-0.2, -0.15) is 0 Å². The van der Waals surface area contributed by atoms with Gasteiger partial charge in [0.25, 0.3) is 5.91 Å². The highest BCUT2D eigenvalue weighted by Crippen LogP contribution is 2.35. The van der Waals surface area contributed by atoms with Crippen LogP contribution in [0.1, 0.15) is 24.0 Å². The fraction of sp³-hybridized carbons (Fsp3) is 0.273. The first kappa shape index (κ1) is 20.6. The smallest absolute Gasteiger partial charge is 0.266 e. The van der Waals surface area contributed by atoms with Crippen molar-refractivity contribution in [3.05, 3.63) is 69.0 Å². The molecule has 0 N–H and O–H groups in total. The van der Waals surface area contributed by atoms with E-state index in [9.17, 15) is 4.79 Å². The van der Waals surface area contributed by atoms with E-state index in [2.05, 4.69) is 15.9 Å². The molecule has 4 nitrogen and oxygen atoms in total. The van der Waals surface area contributed by atoms with Crippen molar-refractivity contribution in [2.24, 2.45) is 0 Å². The van der Waals surface area contributed by atoms with E-state index in [-0.39, 0.29) is 12.0 Å². The highest BCUT2D eigenvalue weighted by molar-refractivity contribution is 9.10. The summed E-state index contributed by atoms with van der Waals surface area (Å²) in [5, 5.41) is 0. The van der Waals surface area contributed by atoms with Crippen molar-refractivity contribution in [2.75, 3.05) is 13.2 Å². The van der Waals surface area contributed by atoms with Crippen molar-refractivity contribution >= 4 is 56.2 Å². The third-order valence-electron chi connectivity index (χ3n) is 4.80. The van der Waals surface area contributed by atoms with E-state index in [1.807, 2.05) is 54.6 Å². The minimum Gasteiger partial charge on any atom is -0.488 e. The number of thioether (sulfide) groups is 1. The van der Waals surface area contributed by atoms with Crippen LogP contribution in [-0.4, -0.2) is 34.4 Å².